The summed E-state index contributed by atoms with van der Waals surface area (Å²) in [6, 6.07) is 43.3. The van der Waals surface area contributed by atoms with Gasteiger partial charge in [-0.25, -0.2) is 0 Å². The zero-order valence-electron chi connectivity index (χ0n) is 24.8. The van der Waals surface area contributed by atoms with Crippen LogP contribution in [0.2, 0.25) is 0 Å². The molecule has 0 N–H and O–H groups in total. The van der Waals surface area contributed by atoms with Crippen molar-refractivity contribution in [2.75, 3.05) is 0 Å². The van der Waals surface area contributed by atoms with Crippen LogP contribution in [0.4, 0.5) is 0 Å². The lowest BCUT2D eigenvalue weighted by Gasteiger charge is -2.21. The lowest BCUT2D eigenvalue weighted by atomic mass is 9.82. The van der Waals surface area contributed by atoms with E-state index in [9.17, 15) is 0 Å². The van der Waals surface area contributed by atoms with Crippen molar-refractivity contribution in [3.8, 4) is 27.9 Å². The molecule has 6 aromatic carbocycles. The zero-order valence-corrected chi connectivity index (χ0v) is 25.6. The fraction of sp³-hybridized carbons (Fsp3) is 0.122. The molecule has 2 heteroatoms. The van der Waals surface area contributed by atoms with Gasteiger partial charge in [0.15, 0.2) is 0 Å². The van der Waals surface area contributed by atoms with Gasteiger partial charge < -0.3 is 4.57 Å². The van der Waals surface area contributed by atoms with Gasteiger partial charge in [-0.05, 0) is 89.2 Å². The summed E-state index contributed by atoms with van der Waals surface area (Å²) in [6.45, 7) is 9.21. The van der Waals surface area contributed by atoms with Gasteiger partial charge in [0.2, 0.25) is 0 Å². The lowest BCUT2D eigenvalue weighted by molar-refractivity contribution is 0.661. The molecule has 0 fully saturated rings. The summed E-state index contributed by atoms with van der Waals surface area (Å²) in [6.07, 6.45) is 0. The quantitative estimate of drug-likeness (QED) is 0.195. The topological polar surface area (TPSA) is 4.93 Å². The molecular formula is C41H31NS. The molecule has 0 aliphatic heterocycles. The first-order valence-electron chi connectivity index (χ1n) is 15.1. The maximum Gasteiger partial charge on any atom is 0.0570 e. The summed E-state index contributed by atoms with van der Waals surface area (Å²) < 4.78 is 5.20. The van der Waals surface area contributed by atoms with Gasteiger partial charge in [-0.2, -0.15) is 0 Å². The molecule has 0 atom stereocenters. The van der Waals surface area contributed by atoms with Crippen molar-refractivity contribution in [3.05, 3.63) is 138 Å². The van der Waals surface area contributed by atoms with Crippen LogP contribution < -0.4 is 0 Å². The number of aryl methyl sites for hydroxylation is 2. The Morgan fingerprint density at radius 3 is 2.19 bits per heavy atom. The van der Waals surface area contributed by atoms with Gasteiger partial charge in [0.05, 0.1) is 11.0 Å². The third-order valence-corrected chi connectivity index (χ3v) is 11.0. The molecule has 43 heavy (non-hydrogen) atoms. The van der Waals surface area contributed by atoms with E-state index in [0.717, 1.165) is 0 Å². The van der Waals surface area contributed by atoms with E-state index in [1.165, 1.54) is 92.2 Å². The number of benzene rings is 6. The lowest BCUT2D eigenvalue weighted by Crippen LogP contribution is -2.14. The maximum absolute atomic E-state index is 2.50. The van der Waals surface area contributed by atoms with Gasteiger partial charge in [-0.3, -0.25) is 0 Å². The highest BCUT2D eigenvalue weighted by molar-refractivity contribution is 7.26. The minimum atomic E-state index is -0.0425. The largest absolute Gasteiger partial charge is 0.309 e. The normalized spacial score (nSPS) is 13.8. The van der Waals surface area contributed by atoms with Crippen molar-refractivity contribution < 1.29 is 0 Å². The number of rotatable bonds is 2. The molecule has 0 unspecified atom stereocenters. The molecule has 0 amide bonds. The molecule has 0 saturated heterocycles. The van der Waals surface area contributed by atoms with Gasteiger partial charge in [-0.1, -0.05) is 98.3 Å². The predicted octanol–water partition coefficient (Wildman–Crippen LogP) is 11.7. The average Bonchev–Trinajstić information content (AvgIpc) is 3.63. The van der Waals surface area contributed by atoms with Gasteiger partial charge >= 0.3 is 0 Å². The summed E-state index contributed by atoms with van der Waals surface area (Å²) >= 11 is 1.89. The summed E-state index contributed by atoms with van der Waals surface area (Å²) in [4.78, 5) is 0. The van der Waals surface area contributed by atoms with Crippen molar-refractivity contribution in [1.82, 2.24) is 4.57 Å². The van der Waals surface area contributed by atoms with Crippen molar-refractivity contribution >= 4 is 53.3 Å². The number of hydrogen-bond donors (Lipinski definition) is 0. The van der Waals surface area contributed by atoms with Crippen LogP contribution in [0.3, 0.4) is 0 Å². The standard InChI is InChI=1S/C41H31NS/c1-24-20-25(2)39-34(21-24)33-22-32-29-10-5-7-14-35(29)41(3,4)36(32)23-37(33)42(39)27-18-16-26(17-19-27)28-12-9-13-31-30-11-6-8-15-38(30)43-40(28)31/h5-23H,1-4H3. The van der Waals surface area contributed by atoms with Crippen LogP contribution in [0.5, 0.6) is 0 Å². The molecular weight excluding hydrogens is 539 g/mol. The third-order valence-electron chi connectivity index (χ3n) is 9.74. The van der Waals surface area contributed by atoms with E-state index >= 15 is 0 Å². The molecule has 0 saturated carbocycles. The molecule has 206 valence electrons. The minimum Gasteiger partial charge on any atom is -0.309 e. The van der Waals surface area contributed by atoms with E-state index in [4.69, 9.17) is 0 Å². The molecule has 1 aliphatic carbocycles. The first-order chi connectivity index (χ1) is 20.9. The summed E-state index contributed by atoms with van der Waals surface area (Å²) in [7, 11) is 0. The highest BCUT2D eigenvalue weighted by atomic mass is 32.1. The Morgan fingerprint density at radius 1 is 0.581 bits per heavy atom. The Labute approximate surface area is 255 Å². The zero-order chi connectivity index (χ0) is 29.0. The van der Waals surface area contributed by atoms with Crippen molar-refractivity contribution in [1.29, 1.82) is 0 Å². The van der Waals surface area contributed by atoms with E-state index in [-0.39, 0.29) is 5.41 Å². The van der Waals surface area contributed by atoms with Gasteiger partial charge in [0.1, 0.15) is 0 Å². The minimum absolute atomic E-state index is 0.0425. The molecule has 1 aliphatic rings. The Bertz CT molecular complexity index is 2430. The number of hydrogen-bond acceptors (Lipinski definition) is 1. The predicted molar refractivity (Wildman–Crippen MR) is 186 cm³/mol. The van der Waals surface area contributed by atoms with Gasteiger partial charge in [-0.15, -0.1) is 11.3 Å². The van der Waals surface area contributed by atoms with Gasteiger partial charge in [0.25, 0.3) is 0 Å². The SMILES string of the molecule is Cc1cc(C)c2c(c1)c1cc3c(cc1n2-c1ccc(-c2cccc4c2sc2ccccc24)cc1)C(C)(C)c1ccccc1-3. The highest BCUT2D eigenvalue weighted by Crippen LogP contribution is 2.51. The fourth-order valence-electron chi connectivity index (χ4n) is 7.75. The number of nitrogens with zero attached hydrogens (tertiary/aromatic N) is 1. The van der Waals surface area contributed by atoms with E-state index in [1.807, 2.05) is 11.3 Å². The molecule has 0 spiro atoms. The van der Waals surface area contributed by atoms with E-state index < -0.39 is 0 Å². The second-order valence-electron chi connectivity index (χ2n) is 12.7. The van der Waals surface area contributed by atoms with Crippen LogP contribution in [-0.2, 0) is 5.41 Å². The number of thiophene rings is 1. The van der Waals surface area contributed by atoms with Crippen molar-refractivity contribution in [2.45, 2.75) is 33.1 Å². The number of aromatic nitrogens is 1. The smallest absolute Gasteiger partial charge is 0.0570 e. The summed E-state index contributed by atoms with van der Waals surface area (Å²) in [5, 5.41) is 5.34. The van der Waals surface area contributed by atoms with Crippen LogP contribution >= 0.6 is 11.3 Å². The number of fused-ring (bicyclic) bond motifs is 9. The maximum atomic E-state index is 2.50. The van der Waals surface area contributed by atoms with Crippen LogP contribution in [0.15, 0.2) is 115 Å². The summed E-state index contributed by atoms with van der Waals surface area (Å²) in [5.41, 5.74) is 14.5. The van der Waals surface area contributed by atoms with E-state index in [1.54, 1.807) is 0 Å². The molecule has 0 bridgehead atoms. The second kappa shape index (κ2) is 8.69. The first-order valence-corrected chi connectivity index (χ1v) is 15.9. The third kappa shape index (κ3) is 3.39. The van der Waals surface area contributed by atoms with E-state index in [2.05, 4.69) is 148 Å². The van der Waals surface area contributed by atoms with Crippen LogP contribution in [-0.4, -0.2) is 4.57 Å². The summed E-state index contributed by atoms with van der Waals surface area (Å²) in [5.74, 6) is 0. The van der Waals surface area contributed by atoms with Crippen LogP contribution in [0.25, 0.3) is 69.9 Å². The molecule has 1 nitrogen and oxygen atoms in total. The Kier molecular flexibility index (Phi) is 5.03. The molecule has 9 rings (SSSR count). The second-order valence-corrected chi connectivity index (χ2v) is 13.8. The van der Waals surface area contributed by atoms with Crippen LogP contribution in [0, 0.1) is 13.8 Å². The highest BCUT2D eigenvalue weighted by Gasteiger charge is 2.36. The Hall–Kier alpha value is -4.66. The van der Waals surface area contributed by atoms with Gasteiger partial charge in [0, 0.05) is 42.0 Å². The van der Waals surface area contributed by atoms with E-state index in [0.29, 0.717) is 0 Å². The molecule has 2 heterocycles. The van der Waals surface area contributed by atoms with Crippen LogP contribution in [0.1, 0.15) is 36.1 Å². The molecule has 0 radical (unpaired) electrons. The monoisotopic (exact) mass is 569 g/mol. The molecule has 8 aromatic rings. The van der Waals surface area contributed by atoms with Crippen molar-refractivity contribution in [3.63, 3.8) is 0 Å². The Morgan fingerprint density at radius 2 is 1.33 bits per heavy atom. The molecule has 2 aromatic heterocycles. The Balaban J connectivity index is 1.28. The fourth-order valence-corrected chi connectivity index (χ4v) is 8.99. The first kappa shape index (κ1) is 24.9. The van der Waals surface area contributed by atoms with Crippen molar-refractivity contribution in [2.24, 2.45) is 0 Å². The average molecular weight is 570 g/mol.